The van der Waals surface area contributed by atoms with E-state index in [1.165, 1.54) is 6.07 Å². The molecule has 174 valence electrons. The van der Waals surface area contributed by atoms with Crippen molar-refractivity contribution in [3.63, 3.8) is 0 Å². The Labute approximate surface area is 186 Å². The van der Waals surface area contributed by atoms with E-state index in [1.54, 1.807) is 19.9 Å². The number of carbonyl (C=O) groups is 1. The van der Waals surface area contributed by atoms with Crippen LogP contribution in [0.25, 0.3) is 0 Å². The lowest BCUT2D eigenvalue weighted by molar-refractivity contribution is -0.123. The standard InChI is InChI=1S/C24H36FNO4S/c1-16(2)31(28,29)15-19-5-7-20(8-6-19)24(27)11-21-9-10-22(12-23(21)25)26-13-17(3)30-18(4)14-26/h9-10,12,16-20H,5-8,11,13-15H2,1-4H3/t17-,18+,19?,20?. The summed E-state index contributed by atoms with van der Waals surface area (Å²) in [5.74, 6) is -0.0379. The Morgan fingerprint density at radius 3 is 2.29 bits per heavy atom. The van der Waals surface area contributed by atoms with Crippen LogP contribution in [0.3, 0.4) is 0 Å². The molecule has 0 amide bonds. The number of hydrogen-bond acceptors (Lipinski definition) is 5. The molecule has 2 fully saturated rings. The molecule has 1 saturated heterocycles. The summed E-state index contributed by atoms with van der Waals surface area (Å²) < 4.78 is 44.8. The molecular weight excluding hydrogens is 417 g/mol. The van der Waals surface area contributed by atoms with Crippen molar-refractivity contribution in [1.29, 1.82) is 0 Å². The Kier molecular flexibility index (Phi) is 7.79. The lowest BCUT2D eigenvalue weighted by atomic mass is 9.79. The Morgan fingerprint density at radius 1 is 1.13 bits per heavy atom. The maximum absolute atomic E-state index is 14.8. The van der Waals surface area contributed by atoms with Crippen LogP contribution >= 0.6 is 0 Å². The van der Waals surface area contributed by atoms with Crippen LogP contribution in [0.1, 0.15) is 58.9 Å². The molecule has 0 bridgehead atoms. The number of anilines is 1. The van der Waals surface area contributed by atoms with Gasteiger partial charge in [0.25, 0.3) is 0 Å². The van der Waals surface area contributed by atoms with Gasteiger partial charge in [0, 0.05) is 31.1 Å². The highest BCUT2D eigenvalue weighted by Gasteiger charge is 2.30. The molecule has 2 atom stereocenters. The Bertz CT molecular complexity index is 868. The minimum atomic E-state index is -3.06. The smallest absolute Gasteiger partial charge is 0.152 e. The van der Waals surface area contributed by atoms with Gasteiger partial charge in [0.2, 0.25) is 0 Å². The maximum Gasteiger partial charge on any atom is 0.152 e. The second kappa shape index (κ2) is 9.99. The van der Waals surface area contributed by atoms with E-state index in [-0.39, 0.29) is 53.1 Å². The van der Waals surface area contributed by atoms with Crippen molar-refractivity contribution in [2.45, 2.75) is 77.3 Å². The zero-order valence-corrected chi connectivity index (χ0v) is 20.0. The largest absolute Gasteiger partial charge is 0.372 e. The summed E-state index contributed by atoms with van der Waals surface area (Å²) in [5.41, 5.74) is 1.26. The third-order valence-electron chi connectivity index (χ3n) is 6.67. The van der Waals surface area contributed by atoms with Gasteiger partial charge in [-0.25, -0.2) is 12.8 Å². The van der Waals surface area contributed by atoms with Gasteiger partial charge in [0.1, 0.15) is 11.6 Å². The summed E-state index contributed by atoms with van der Waals surface area (Å²) in [7, 11) is -3.06. The van der Waals surface area contributed by atoms with Gasteiger partial charge in [0.05, 0.1) is 23.2 Å². The molecule has 2 aliphatic rings. The van der Waals surface area contributed by atoms with Gasteiger partial charge in [-0.1, -0.05) is 6.07 Å². The van der Waals surface area contributed by atoms with Crippen LogP contribution in [0.2, 0.25) is 0 Å². The number of sulfone groups is 1. The number of rotatable bonds is 7. The van der Waals surface area contributed by atoms with Gasteiger partial charge in [-0.15, -0.1) is 0 Å². The first kappa shape index (κ1) is 24.2. The topological polar surface area (TPSA) is 63.7 Å². The van der Waals surface area contributed by atoms with Crippen molar-refractivity contribution < 1.29 is 22.3 Å². The molecule has 0 aromatic heterocycles. The molecule has 1 saturated carbocycles. The highest BCUT2D eigenvalue weighted by Crippen LogP contribution is 2.32. The summed E-state index contributed by atoms with van der Waals surface area (Å²) in [4.78, 5) is 14.9. The van der Waals surface area contributed by atoms with Crippen molar-refractivity contribution in [1.82, 2.24) is 0 Å². The van der Waals surface area contributed by atoms with Crippen LogP contribution in [-0.4, -0.2) is 50.5 Å². The number of ketones is 1. The van der Waals surface area contributed by atoms with Crippen molar-refractivity contribution in [3.8, 4) is 0 Å². The lowest BCUT2D eigenvalue weighted by Gasteiger charge is -2.37. The van der Waals surface area contributed by atoms with Gasteiger partial charge in [-0.05, 0) is 77.0 Å². The lowest BCUT2D eigenvalue weighted by Crippen LogP contribution is -2.45. The molecule has 1 aromatic rings. The molecule has 1 aliphatic heterocycles. The molecule has 1 heterocycles. The van der Waals surface area contributed by atoms with E-state index in [1.807, 2.05) is 19.9 Å². The van der Waals surface area contributed by atoms with E-state index in [9.17, 15) is 17.6 Å². The molecule has 1 aromatic carbocycles. The number of nitrogens with zero attached hydrogens (tertiary/aromatic N) is 1. The first-order chi connectivity index (χ1) is 14.5. The molecule has 0 radical (unpaired) electrons. The Balaban J connectivity index is 1.55. The predicted octanol–water partition coefficient (Wildman–Crippen LogP) is 4.18. The van der Waals surface area contributed by atoms with Gasteiger partial charge < -0.3 is 9.64 Å². The summed E-state index contributed by atoms with van der Waals surface area (Å²) in [5, 5.41) is -0.360. The van der Waals surface area contributed by atoms with Gasteiger partial charge in [-0.2, -0.15) is 0 Å². The molecule has 0 unspecified atom stereocenters. The predicted molar refractivity (Wildman–Crippen MR) is 122 cm³/mol. The summed E-state index contributed by atoms with van der Waals surface area (Å²) in [6, 6.07) is 5.15. The van der Waals surface area contributed by atoms with Crippen molar-refractivity contribution in [2.75, 3.05) is 23.7 Å². The van der Waals surface area contributed by atoms with Crippen LogP contribution in [0, 0.1) is 17.7 Å². The second-order valence-corrected chi connectivity index (χ2v) is 12.3. The van der Waals surface area contributed by atoms with E-state index in [2.05, 4.69) is 4.90 Å². The second-order valence-electron chi connectivity index (χ2n) is 9.68. The molecule has 3 rings (SSSR count). The number of benzene rings is 1. The van der Waals surface area contributed by atoms with Crippen LogP contribution in [0.5, 0.6) is 0 Å². The molecule has 31 heavy (non-hydrogen) atoms. The van der Waals surface area contributed by atoms with E-state index in [4.69, 9.17) is 4.74 Å². The normalized spacial score (nSPS) is 27.5. The Hall–Kier alpha value is -1.47. The third kappa shape index (κ3) is 6.28. The molecule has 5 nitrogen and oxygen atoms in total. The van der Waals surface area contributed by atoms with Gasteiger partial charge >= 0.3 is 0 Å². The third-order valence-corrected chi connectivity index (χ3v) is 9.05. The fourth-order valence-corrected chi connectivity index (χ4v) is 6.14. The van der Waals surface area contributed by atoms with E-state index < -0.39 is 9.84 Å². The van der Waals surface area contributed by atoms with Crippen LogP contribution in [-0.2, 0) is 25.8 Å². The minimum Gasteiger partial charge on any atom is -0.372 e. The van der Waals surface area contributed by atoms with Gasteiger partial charge in [-0.3, -0.25) is 4.79 Å². The number of carbonyl (C=O) groups excluding carboxylic acids is 1. The number of morpholine rings is 1. The SMILES string of the molecule is CC(C)S(=O)(=O)CC1CCC(C(=O)Cc2ccc(N3C[C@@H](C)O[C@@H](C)C3)cc2F)CC1. The molecule has 0 spiro atoms. The van der Waals surface area contributed by atoms with Crippen molar-refractivity contribution >= 4 is 21.3 Å². The van der Waals surface area contributed by atoms with Crippen LogP contribution in [0.4, 0.5) is 10.1 Å². The highest BCUT2D eigenvalue weighted by atomic mass is 32.2. The van der Waals surface area contributed by atoms with Gasteiger partial charge in [0.15, 0.2) is 9.84 Å². The van der Waals surface area contributed by atoms with E-state index in [0.717, 1.165) is 31.6 Å². The zero-order valence-electron chi connectivity index (χ0n) is 19.1. The number of hydrogen-bond donors (Lipinski definition) is 0. The molecule has 7 heteroatoms. The monoisotopic (exact) mass is 453 g/mol. The zero-order chi connectivity index (χ0) is 22.8. The minimum absolute atomic E-state index is 0.0606. The summed E-state index contributed by atoms with van der Waals surface area (Å²) >= 11 is 0. The van der Waals surface area contributed by atoms with Crippen molar-refractivity contribution in [2.24, 2.45) is 11.8 Å². The number of halogens is 1. The number of Topliss-reactive ketones (excluding diaryl/α,β-unsaturated/α-hetero) is 1. The average molecular weight is 454 g/mol. The molecule has 0 N–H and O–H groups in total. The maximum atomic E-state index is 14.8. The summed E-state index contributed by atoms with van der Waals surface area (Å²) in [6.45, 7) is 8.89. The molecular formula is C24H36FNO4S. The highest BCUT2D eigenvalue weighted by molar-refractivity contribution is 7.91. The van der Waals surface area contributed by atoms with Crippen LogP contribution < -0.4 is 4.90 Å². The fourth-order valence-electron chi connectivity index (χ4n) is 4.77. The van der Waals surface area contributed by atoms with E-state index in [0.29, 0.717) is 18.4 Å². The first-order valence-corrected chi connectivity index (χ1v) is 13.2. The molecule has 1 aliphatic carbocycles. The Morgan fingerprint density at radius 2 is 1.74 bits per heavy atom. The first-order valence-electron chi connectivity index (χ1n) is 11.5. The van der Waals surface area contributed by atoms with Crippen molar-refractivity contribution in [3.05, 3.63) is 29.6 Å². The average Bonchev–Trinajstić information content (AvgIpc) is 2.69. The summed E-state index contributed by atoms with van der Waals surface area (Å²) in [6.07, 6.45) is 3.17. The fraction of sp³-hybridized carbons (Fsp3) is 0.708. The quantitative estimate of drug-likeness (QED) is 0.620. The number of ether oxygens (including phenoxy) is 1. The van der Waals surface area contributed by atoms with E-state index >= 15 is 0 Å². The van der Waals surface area contributed by atoms with Crippen LogP contribution in [0.15, 0.2) is 18.2 Å².